The van der Waals surface area contributed by atoms with Gasteiger partial charge in [0.05, 0.1) is 11.7 Å². The van der Waals surface area contributed by atoms with Crippen LogP contribution in [-0.4, -0.2) is 10.1 Å². The fourth-order valence-corrected chi connectivity index (χ4v) is 2.69. The van der Waals surface area contributed by atoms with Crippen molar-refractivity contribution < 1.29 is 9.52 Å². The lowest BCUT2D eigenvalue weighted by atomic mass is 10.0. The van der Waals surface area contributed by atoms with Crippen molar-refractivity contribution in [1.29, 1.82) is 0 Å². The summed E-state index contributed by atoms with van der Waals surface area (Å²) in [5.74, 6) is 0.965. The number of aryl methyl sites for hydroxylation is 1. The molecule has 2 aromatic carbocycles. The van der Waals surface area contributed by atoms with E-state index in [0.717, 1.165) is 38.8 Å². The number of fused-ring (bicyclic) bond motifs is 2. The van der Waals surface area contributed by atoms with Crippen molar-refractivity contribution in [3.05, 3.63) is 60.3 Å². The van der Waals surface area contributed by atoms with Gasteiger partial charge in [0.15, 0.2) is 0 Å². The first-order valence-corrected chi connectivity index (χ1v) is 6.79. The summed E-state index contributed by atoms with van der Waals surface area (Å²) in [6.07, 6.45) is 1.46. The monoisotopic (exact) mass is 275 g/mol. The smallest absolute Gasteiger partial charge is 0.137 e. The van der Waals surface area contributed by atoms with Gasteiger partial charge in [-0.1, -0.05) is 18.2 Å². The van der Waals surface area contributed by atoms with E-state index in [2.05, 4.69) is 11.1 Å². The zero-order chi connectivity index (χ0) is 14.4. The second kappa shape index (κ2) is 4.35. The molecular formula is C18H13NO2. The van der Waals surface area contributed by atoms with E-state index in [-0.39, 0.29) is 5.75 Å². The molecule has 4 aromatic rings. The van der Waals surface area contributed by atoms with Crippen molar-refractivity contribution >= 4 is 21.9 Å². The number of para-hydroxylation sites is 1. The molecule has 0 aliphatic carbocycles. The molecule has 0 bridgehead atoms. The van der Waals surface area contributed by atoms with E-state index in [1.165, 1.54) is 6.20 Å². The summed E-state index contributed by atoms with van der Waals surface area (Å²) in [6, 6.07) is 15.8. The maximum absolute atomic E-state index is 9.61. The Kier molecular flexibility index (Phi) is 2.48. The van der Waals surface area contributed by atoms with Crippen molar-refractivity contribution in [1.82, 2.24) is 4.98 Å². The molecule has 0 amide bonds. The zero-order valence-corrected chi connectivity index (χ0v) is 11.5. The fourth-order valence-electron chi connectivity index (χ4n) is 2.69. The molecule has 0 saturated carbocycles. The first kappa shape index (κ1) is 12.0. The van der Waals surface area contributed by atoms with Gasteiger partial charge in [-0.2, -0.15) is 0 Å². The van der Waals surface area contributed by atoms with E-state index in [4.69, 9.17) is 4.42 Å². The molecule has 3 heteroatoms. The molecule has 2 aromatic heterocycles. The lowest BCUT2D eigenvalue weighted by Crippen LogP contribution is -1.85. The third-order valence-electron chi connectivity index (χ3n) is 3.60. The van der Waals surface area contributed by atoms with Gasteiger partial charge in [0.1, 0.15) is 17.1 Å². The maximum atomic E-state index is 9.61. The van der Waals surface area contributed by atoms with Crippen LogP contribution in [0.3, 0.4) is 0 Å². The van der Waals surface area contributed by atoms with Gasteiger partial charge in [-0.25, -0.2) is 0 Å². The van der Waals surface area contributed by atoms with Crippen LogP contribution in [0, 0.1) is 6.92 Å². The molecule has 2 heterocycles. The fraction of sp³-hybridized carbons (Fsp3) is 0.0556. The van der Waals surface area contributed by atoms with Crippen molar-refractivity contribution in [2.45, 2.75) is 6.92 Å². The minimum atomic E-state index is 0.170. The maximum Gasteiger partial charge on any atom is 0.137 e. The molecule has 21 heavy (non-hydrogen) atoms. The number of aromatic hydroxyl groups is 1. The minimum Gasteiger partial charge on any atom is -0.506 e. The lowest BCUT2D eigenvalue weighted by molar-refractivity contribution is 0.474. The topological polar surface area (TPSA) is 46.3 Å². The number of aromatic nitrogens is 1. The molecule has 0 fully saturated rings. The van der Waals surface area contributed by atoms with Gasteiger partial charge in [-0.15, -0.1) is 0 Å². The number of furan rings is 1. The first-order valence-electron chi connectivity index (χ1n) is 6.79. The van der Waals surface area contributed by atoms with Crippen LogP contribution < -0.4 is 0 Å². The van der Waals surface area contributed by atoms with Gasteiger partial charge in [0.25, 0.3) is 0 Å². The highest BCUT2D eigenvalue weighted by Crippen LogP contribution is 2.33. The molecule has 102 valence electrons. The summed E-state index contributed by atoms with van der Waals surface area (Å²) in [4.78, 5) is 4.36. The molecular weight excluding hydrogens is 262 g/mol. The van der Waals surface area contributed by atoms with Crippen LogP contribution in [0.25, 0.3) is 33.2 Å². The van der Waals surface area contributed by atoms with Gasteiger partial charge in [-0.3, -0.25) is 4.98 Å². The zero-order valence-electron chi connectivity index (χ0n) is 11.5. The molecule has 0 atom stereocenters. The Morgan fingerprint density at radius 2 is 1.86 bits per heavy atom. The van der Waals surface area contributed by atoms with Crippen LogP contribution in [0.4, 0.5) is 0 Å². The minimum absolute atomic E-state index is 0.170. The van der Waals surface area contributed by atoms with Crippen LogP contribution >= 0.6 is 0 Å². The number of hydrogen-bond acceptors (Lipinski definition) is 3. The Morgan fingerprint density at radius 1 is 1.00 bits per heavy atom. The highest BCUT2D eigenvalue weighted by molar-refractivity contribution is 5.95. The number of hydrogen-bond donors (Lipinski definition) is 1. The van der Waals surface area contributed by atoms with Crippen molar-refractivity contribution in [3.63, 3.8) is 0 Å². The van der Waals surface area contributed by atoms with Crippen LogP contribution in [0.1, 0.15) is 5.56 Å². The average Bonchev–Trinajstić information content (AvgIpc) is 2.89. The normalized spacial score (nSPS) is 11.3. The lowest BCUT2D eigenvalue weighted by Gasteiger charge is -2.05. The molecule has 0 aliphatic heterocycles. The Balaban J connectivity index is 2.04. The molecule has 1 N–H and O–H groups in total. The Hall–Kier alpha value is -2.81. The summed E-state index contributed by atoms with van der Waals surface area (Å²) in [5.41, 5.74) is 3.74. The van der Waals surface area contributed by atoms with Crippen LogP contribution in [0.15, 0.2) is 59.1 Å². The quantitative estimate of drug-likeness (QED) is 0.549. The average molecular weight is 275 g/mol. The van der Waals surface area contributed by atoms with Crippen molar-refractivity contribution in [3.8, 4) is 17.1 Å². The highest BCUT2D eigenvalue weighted by atomic mass is 16.3. The molecule has 0 spiro atoms. The van der Waals surface area contributed by atoms with Gasteiger partial charge < -0.3 is 9.52 Å². The van der Waals surface area contributed by atoms with Gasteiger partial charge >= 0.3 is 0 Å². The summed E-state index contributed by atoms with van der Waals surface area (Å²) in [6.45, 7) is 2.02. The molecule has 0 saturated heterocycles. The van der Waals surface area contributed by atoms with Gasteiger partial charge in [0.2, 0.25) is 0 Å². The highest BCUT2D eigenvalue weighted by Gasteiger charge is 2.12. The third-order valence-corrected chi connectivity index (χ3v) is 3.60. The van der Waals surface area contributed by atoms with E-state index in [9.17, 15) is 5.11 Å². The number of nitrogens with zero attached hydrogens (tertiary/aromatic N) is 1. The largest absolute Gasteiger partial charge is 0.506 e. The summed E-state index contributed by atoms with van der Waals surface area (Å²) >= 11 is 0. The van der Waals surface area contributed by atoms with E-state index < -0.39 is 0 Å². The summed E-state index contributed by atoms with van der Waals surface area (Å²) < 4.78 is 5.94. The first-order chi connectivity index (χ1) is 10.2. The molecule has 0 unspecified atom stereocenters. The second-order valence-corrected chi connectivity index (χ2v) is 5.23. The molecule has 3 nitrogen and oxygen atoms in total. The number of benzene rings is 2. The van der Waals surface area contributed by atoms with Crippen LogP contribution in [-0.2, 0) is 0 Å². The second-order valence-electron chi connectivity index (χ2n) is 5.23. The van der Waals surface area contributed by atoms with E-state index in [1.807, 2.05) is 43.3 Å². The Bertz CT molecular complexity index is 931. The SMILES string of the molecule is Cc1cc(-c2cc3ccccc3o2)c2ncc(O)cc2c1. The van der Waals surface area contributed by atoms with E-state index in [1.54, 1.807) is 6.07 Å². The Labute approximate surface area is 121 Å². The molecule has 0 radical (unpaired) electrons. The van der Waals surface area contributed by atoms with Crippen molar-refractivity contribution in [2.75, 3.05) is 0 Å². The third kappa shape index (κ3) is 1.94. The molecule has 0 aliphatic rings. The number of pyridine rings is 1. The summed E-state index contributed by atoms with van der Waals surface area (Å²) in [5, 5.41) is 11.6. The van der Waals surface area contributed by atoms with Crippen molar-refractivity contribution in [2.24, 2.45) is 0 Å². The predicted molar refractivity (Wildman–Crippen MR) is 83.4 cm³/mol. The van der Waals surface area contributed by atoms with Crippen LogP contribution in [0.2, 0.25) is 0 Å². The van der Waals surface area contributed by atoms with E-state index in [0.29, 0.717) is 0 Å². The predicted octanol–water partition coefficient (Wildman–Crippen LogP) is 4.66. The van der Waals surface area contributed by atoms with E-state index >= 15 is 0 Å². The standard InChI is InChI=1S/C18H13NO2/c1-11-6-13-8-14(20)10-19-18(13)15(7-11)17-9-12-4-2-3-5-16(12)21-17/h2-10,20H,1H3. The van der Waals surface area contributed by atoms with Crippen LogP contribution in [0.5, 0.6) is 5.75 Å². The number of rotatable bonds is 1. The van der Waals surface area contributed by atoms with Gasteiger partial charge in [0, 0.05) is 16.3 Å². The summed E-state index contributed by atoms with van der Waals surface area (Å²) in [7, 11) is 0. The Morgan fingerprint density at radius 3 is 2.71 bits per heavy atom. The van der Waals surface area contributed by atoms with Gasteiger partial charge in [-0.05, 0) is 42.8 Å². The molecule has 4 rings (SSSR count).